The van der Waals surface area contributed by atoms with Gasteiger partial charge in [0.05, 0.1) is 10.6 Å². The van der Waals surface area contributed by atoms with Gasteiger partial charge in [0.25, 0.3) is 0 Å². The van der Waals surface area contributed by atoms with Crippen LogP contribution in [0.15, 0.2) is 18.2 Å². The van der Waals surface area contributed by atoms with Crippen molar-refractivity contribution in [1.82, 2.24) is 0 Å². The second kappa shape index (κ2) is 4.06. The first-order valence-electron chi connectivity index (χ1n) is 3.58. The zero-order valence-corrected chi connectivity index (χ0v) is 7.65. The summed E-state index contributed by atoms with van der Waals surface area (Å²) in [5, 5.41) is 0.0905. The van der Waals surface area contributed by atoms with Crippen molar-refractivity contribution in [1.29, 1.82) is 0 Å². The molecule has 0 fully saturated rings. The highest BCUT2D eigenvalue weighted by molar-refractivity contribution is 6.35. The number of ketones is 1. The monoisotopic (exact) mass is 196 g/mol. The standard InChI is InChI=1S/C10H6ClFO/c1-2-4-9(13)10-7(11)5-3-6-8(10)12/h3,5-6H,1H3. The molecule has 0 aliphatic carbocycles. The van der Waals surface area contributed by atoms with Gasteiger partial charge in [0.15, 0.2) is 0 Å². The zero-order chi connectivity index (χ0) is 9.84. The number of carbonyl (C=O) groups is 1. The molecular weight excluding hydrogens is 191 g/mol. The molecule has 3 heteroatoms. The Morgan fingerprint density at radius 1 is 1.54 bits per heavy atom. The number of Topliss-reactive ketones (excluding diaryl/α,β-unsaturated/α-hetero) is 1. The number of hydrogen-bond acceptors (Lipinski definition) is 1. The normalized spacial score (nSPS) is 8.85. The smallest absolute Gasteiger partial charge is 0.240 e. The third kappa shape index (κ3) is 2.07. The molecule has 0 aliphatic rings. The number of benzene rings is 1. The molecule has 0 aliphatic heterocycles. The van der Waals surface area contributed by atoms with Crippen LogP contribution in [0.5, 0.6) is 0 Å². The maximum Gasteiger partial charge on any atom is 0.240 e. The van der Waals surface area contributed by atoms with E-state index >= 15 is 0 Å². The van der Waals surface area contributed by atoms with Crippen molar-refractivity contribution in [3.05, 3.63) is 34.6 Å². The van der Waals surface area contributed by atoms with Crippen molar-refractivity contribution < 1.29 is 9.18 Å². The Labute approximate surface area is 80.5 Å². The molecular formula is C10H6ClFO. The zero-order valence-electron chi connectivity index (χ0n) is 6.90. The molecule has 0 bridgehead atoms. The lowest BCUT2D eigenvalue weighted by Gasteiger charge is -1.98. The van der Waals surface area contributed by atoms with E-state index in [1.54, 1.807) is 0 Å². The van der Waals surface area contributed by atoms with Crippen LogP contribution in [-0.4, -0.2) is 5.78 Å². The molecule has 13 heavy (non-hydrogen) atoms. The first-order valence-corrected chi connectivity index (χ1v) is 3.95. The predicted molar refractivity (Wildman–Crippen MR) is 49.2 cm³/mol. The van der Waals surface area contributed by atoms with Crippen LogP contribution in [0, 0.1) is 17.7 Å². The van der Waals surface area contributed by atoms with Crippen LogP contribution < -0.4 is 0 Å². The Bertz CT molecular complexity index is 381. The largest absolute Gasteiger partial charge is 0.279 e. The van der Waals surface area contributed by atoms with Crippen molar-refractivity contribution in [3.63, 3.8) is 0 Å². The van der Waals surface area contributed by atoms with Gasteiger partial charge in [-0.05, 0) is 25.0 Å². The molecule has 0 radical (unpaired) electrons. The van der Waals surface area contributed by atoms with Gasteiger partial charge in [0.1, 0.15) is 5.82 Å². The van der Waals surface area contributed by atoms with Crippen LogP contribution in [-0.2, 0) is 0 Å². The van der Waals surface area contributed by atoms with Crippen molar-refractivity contribution in [2.75, 3.05) is 0 Å². The molecule has 0 unspecified atom stereocenters. The maximum atomic E-state index is 13.1. The van der Waals surface area contributed by atoms with E-state index in [4.69, 9.17) is 11.6 Å². The molecule has 66 valence electrons. The lowest BCUT2D eigenvalue weighted by atomic mass is 10.1. The van der Waals surface area contributed by atoms with E-state index in [0.29, 0.717) is 0 Å². The molecule has 1 nitrogen and oxygen atoms in total. The average Bonchev–Trinajstić information content (AvgIpc) is 2.04. The maximum absolute atomic E-state index is 13.1. The molecule has 0 heterocycles. The molecule has 0 aromatic heterocycles. The summed E-state index contributed by atoms with van der Waals surface area (Å²) in [4.78, 5) is 11.2. The summed E-state index contributed by atoms with van der Waals surface area (Å²) in [5.74, 6) is 3.39. The Morgan fingerprint density at radius 2 is 2.23 bits per heavy atom. The lowest BCUT2D eigenvalue weighted by Crippen LogP contribution is -1.99. The molecule has 0 saturated carbocycles. The summed E-state index contributed by atoms with van der Waals surface area (Å²) in [5.41, 5.74) is -0.154. The van der Waals surface area contributed by atoms with E-state index in [1.807, 2.05) is 0 Å². The minimum Gasteiger partial charge on any atom is -0.279 e. The first kappa shape index (κ1) is 9.76. The summed E-state index contributed by atoms with van der Waals surface area (Å²) in [6.07, 6.45) is 0. The predicted octanol–water partition coefficient (Wildman–Crippen LogP) is 2.69. The van der Waals surface area contributed by atoms with Crippen LogP contribution in [0.3, 0.4) is 0 Å². The van der Waals surface area contributed by atoms with Crippen LogP contribution in [0.2, 0.25) is 5.02 Å². The quantitative estimate of drug-likeness (QED) is 0.384. The fourth-order valence-electron chi connectivity index (χ4n) is 0.891. The van der Waals surface area contributed by atoms with Gasteiger partial charge in [-0.3, -0.25) is 4.79 Å². The third-order valence-electron chi connectivity index (χ3n) is 1.43. The number of halogens is 2. The van der Waals surface area contributed by atoms with E-state index in [1.165, 1.54) is 25.1 Å². The van der Waals surface area contributed by atoms with Crippen molar-refractivity contribution >= 4 is 17.4 Å². The van der Waals surface area contributed by atoms with Gasteiger partial charge in [-0.15, -0.1) is 0 Å². The van der Waals surface area contributed by atoms with Gasteiger partial charge >= 0.3 is 0 Å². The van der Waals surface area contributed by atoms with E-state index in [0.717, 1.165) is 0 Å². The average molecular weight is 197 g/mol. The van der Waals surface area contributed by atoms with E-state index < -0.39 is 11.6 Å². The van der Waals surface area contributed by atoms with Gasteiger partial charge < -0.3 is 0 Å². The summed E-state index contributed by atoms with van der Waals surface area (Å²) >= 11 is 5.63. The highest BCUT2D eigenvalue weighted by Gasteiger charge is 2.12. The van der Waals surface area contributed by atoms with Gasteiger partial charge in [-0.2, -0.15) is 0 Å². The topological polar surface area (TPSA) is 17.1 Å². The number of carbonyl (C=O) groups excluding carboxylic acids is 1. The minimum absolute atomic E-state index is 0.0905. The fraction of sp³-hybridized carbons (Fsp3) is 0.100. The molecule has 0 saturated heterocycles. The Kier molecular flexibility index (Phi) is 3.05. The van der Waals surface area contributed by atoms with Crippen LogP contribution in [0.25, 0.3) is 0 Å². The summed E-state index contributed by atoms with van der Waals surface area (Å²) in [7, 11) is 0. The second-order valence-electron chi connectivity index (χ2n) is 2.30. The second-order valence-corrected chi connectivity index (χ2v) is 2.71. The number of rotatable bonds is 1. The molecule has 0 atom stereocenters. The summed E-state index contributed by atoms with van der Waals surface area (Å²) in [6, 6.07) is 4.07. The van der Waals surface area contributed by atoms with E-state index in [-0.39, 0.29) is 10.6 Å². The van der Waals surface area contributed by atoms with Crippen LogP contribution in [0.1, 0.15) is 17.3 Å². The highest BCUT2D eigenvalue weighted by Crippen LogP contribution is 2.18. The van der Waals surface area contributed by atoms with Crippen molar-refractivity contribution in [2.45, 2.75) is 6.92 Å². The van der Waals surface area contributed by atoms with Gasteiger partial charge in [0, 0.05) is 0 Å². The summed E-state index contributed by atoms with van der Waals surface area (Å²) < 4.78 is 13.1. The minimum atomic E-state index is -0.639. The SMILES string of the molecule is CC#CC(=O)c1c(F)cccc1Cl. The van der Waals surface area contributed by atoms with Gasteiger partial charge in [-0.25, -0.2) is 4.39 Å². The van der Waals surface area contributed by atoms with Gasteiger partial charge in [-0.1, -0.05) is 23.6 Å². The lowest BCUT2D eigenvalue weighted by molar-refractivity contribution is 0.105. The van der Waals surface area contributed by atoms with Crippen molar-refractivity contribution in [3.8, 4) is 11.8 Å². The Hall–Kier alpha value is -1.33. The van der Waals surface area contributed by atoms with Crippen LogP contribution >= 0.6 is 11.6 Å². The molecule has 0 spiro atoms. The molecule has 0 N–H and O–H groups in total. The first-order chi connectivity index (χ1) is 6.16. The molecule has 1 aromatic rings. The summed E-state index contributed by atoms with van der Waals surface area (Å²) in [6.45, 7) is 1.51. The highest BCUT2D eigenvalue weighted by atomic mass is 35.5. The van der Waals surface area contributed by atoms with Crippen LogP contribution in [0.4, 0.5) is 4.39 Å². The molecule has 0 amide bonds. The van der Waals surface area contributed by atoms with Gasteiger partial charge in [0.2, 0.25) is 5.78 Å². The fourth-order valence-corrected chi connectivity index (χ4v) is 1.14. The number of hydrogen-bond donors (Lipinski definition) is 0. The van der Waals surface area contributed by atoms with Crippen molar-refractivity contribution in [2.24, 2.45) is 0 Å². The third-order valence-corrected chi connectivity index (χ3v) is 1.74. The Balaban J connectivity index is 3.25. The van der Waals surface area contributed by atoms with E-state index in [2.05, 4.69) is 11.8 Å². The molecule has 1 aromatic carbocycles. The Morgan fingerprint density at radius 3 is 2.77 bits per heavy atom. The molecule has 1 rings (SSSR count). The van der Waals surface area contributed by atoms with E-state index in [9.17, 15) is 9.18 Å².